The molecule has 1 N–H and O–H groups in total. The summed E-state index contributed by atoms with van der Waals surface area (Å²) in [5.74, 6) is 1.23. The minimum absolute atomic E-state index is 0.172. The summed E-state index contributed by atoms with van der Waals surface area (Å²) >= 11 is 1.99. The highest BCUT2D eigenvalue weighted by molar-refractivity contribution is 8.00. The molecule has 1 aromatic rings. The fourth-order valence-corrected chi connectivity index (χ4v) is 3.51. The fraction of sp³-hybridized carbons (Fsp3) is 0.562. The van der Waals surface area contributed by atoms with Gasteiger partial charge in [-0.2, -0.15) is 11.8 Å². The van der Waals surface area contributed by atoms with Crippen LogP contribution in [0.15, 0.2) is 24.3 Å². The summed E-state index contributed by atoms with van der Waals surface area (Å²) in [7, 11) is 0. The Kier molecular flexibility index (Phi) is 5.77. The zero-order chi connectivity index (χ0) is 14.4. The van der Waals surface area contributed by atoms with E-state index in [0.29, 0.717) is 5.25 Å². The number of amides is 1. The second kappa shape index (κ2) is 7.58. The molecule has 1 amide bonds. The van der Waals surface area contributed by atoms with Crippen LogP contribution in [-0.4, -0.2) is 41.4 Å². The summed E-state index contributed by atoms with van der Waals surface area (Å²) in [5.41, 5.74) is 1.89. The molecule has 1 aliphatic heterocycles. The highest BCUT2D eigenvalue weighted by atomic mass is 32.2. The lowest BCUT2D eigenvalue weighted by Crippen LogP contribution is -2.41. The second-order valence-corrected chi connectivity index (χ2v) is 6.56. The van der Waals surface area contributed by atoms with Crippen LogP contribution in [0.2, 0.25) is 0 Å². The van der Waals surface area contributed by atoms with E-state index in [1.54, 1.807) is 0 Å². The topological polar surface area (TPSA) is 32.3 Å². The molecular formula is C16H24N2OS. The predicted octanol–water partition coefficient (Wildman–Crippen LogP) is 3.48. The molecule has 1 aliphatic rings. The standard InChI is InChI=1S/C16H24N2OS/c1-3-9-17-14-7-5-13(6-8-14)16(19)18-10-11-20-15(4-2)12-18/h5-8,15,17H,3-4,9-12H2,1-2H3. The van der Waals surface area contributed by atoms with Gasteiger partial charge in [0.15, 0.2) is 0 Å². The summed E-state index contributed by atoms with van der Waals surface area (Å²) in [6.45, 7) is 7.06. The molecule has 1 aromatic carbocycles. The number of nitrogens with zero attached hydrogens (tertiary/aromatic N) is 1. The minimum atomic E-state index is 0.172. The van der Waals surface area contributed by atoms with Gasteiger partial charge in [0.25, 0.3) is 5.91 Å². The molecule has 2 rings (SSSR count). The number of carbonyl (C=O) groups excluding carboxylic acids is 1. The van der Waals surface area contributed by atoms with Crippen molar-refractivity contribution >= 4 is 23.4 Å². The minimum Gasteiger partial charge on any atom is -0.385 e. The number of benzene rings is 1. The Hall–Kier alpha value is -1.16. The van der Waals surface area contributed by atoms with Gasteiger partial charge < -0.3 is 10.2 Å². The maximum absolute atomic E-state index is 12.5. The Labute approximate surface area is 126 Å². The highest BCUT2D eigenvalue weighted by Crippen LogP contribution is 2.22. The van der Waals surface area contributed by atoms with Crippen LogP contribution in [0.25, 0.3) is 0 Å². The van der Waals surface area contributed by atoms with Gasteiger partial charge in [-0.1, -0.05) is 13.8 Å². The van der Waals surface area contributed by atoms with Gasteiger partial charge in [0.2, 0.25) is 0 Å². The zero-order valence-corrected chi connectivity index (χ0v) is 13.2. The van der Waals surface area contributed by atoms with Gasteiger partial charge >= 0.3 is 0 Å². The third kappa shape index (κ3) is 3.92. The molecule has 1 fully saturated rings. The Morgan fingerprint density at radius 2 is 2.10 bits per heavy atom. The smallest absolute Gasteiger partial charge is 0.253 e. The molecule has 0 aromatic heterocycles. The molecule has 0 radical (unpaired) electrons. The van der Waals surface area contributed by atoms with E-state index in [4.69, 9.17) is 0 Å². The maximum Gasteiger partial charge on any atom is 0.253 e. The number of carbonyl (C=O) groups is 1. The monoisotopic (exact) mass is 292 g/mol. The van der Waals surface area contributed by atoms with E-state index in [9.17, 15) is 4.79 Å². The fourth-order valence-electron chi connectivity index (χ4n) is 2.33. The van der Waals surface area contributed by atoms with Crippen LogP contribution >= 0.6 is 11.8 Å². The van der Waals surface area contributed by atoms with E-state index in [0.717, 1.165) is 49.5 Å². The summed E-state index contributed by atoms with van der Waals surface area (Å²) in [6, 6.07) is 7.86. The molecule has 1 heterocycles. The van der Waals surface area contributed by atoms with Crippen molar-refractivity contribution in [1.82, 2.24) is 4.90 Å². The van der Waals surface area contributed by atoms with Gasteiger partial charge in [-0.05, 0) is 37.1 Å². The number of hydrogen-bond acceptors (Lipinski definition) is 3. The maximum atomic E-state index is 12.5. The first-order valence-electron chi connectivity index (χ1n) is 7.49. The highest BCUT2D eigenvalue weighted by Gasteiger charge is 2.23. The Morgan fingerprint density at radius 1 is 1.35 bits per heavy atom. The average molecular weight is 292 g/mol. The lowest BCUT2D eigenvalue weighted by atomic mass is 10.1. The average Bonchev–Trinajstić information content (AvgIpc) is 2.52. The lowest BCUT2D eigenvalue weighted by Gasteiger charge is -2.32. The third-order valence-corrected chi connectivity index (χ3v) is 4.96. The number of anilines is 1. The zero-order valence-electron chi connectivity index (χ0n) is 12.4. The summed E-state index contributed by atoms with van der Waals surface area (Å²) in [5, 5.41) is 3.92. The summed E-state index contributed by atoms with van der Waals surface area (Å²) < 4.78 is 0. The molecule has 20 heavy (non-hydrogen) atoms. The van der Waals surface area contributed by atoms with E-state index in [2.05, 4.69) is 19.2 Å². The van der Waals surface area contributed by atoms with Crippen LogP contribution in [0.1, 0.15) is 37.0 Å². The van der Waals surface area contributed by atoms with Crippen molar-refractivity contribution in [3.05, 3.63) is 29.8 Å². The Balaban J connectivity index is 1.98. The third-order valence-electron chi connectivity index (χ3n) is 3.59. The summed E-state index contributed by atoms with van der Waals surface area (Å²) in [6.07, 6.45) is 2.23. The predicted molar refractivity (Wildman–Crippen MR) is 87.7 cm³/mol. The molecule has 1 atom stereocenters. The first kappa shape index (κ1) is 15.2. The molecule has 1 unspecified atom stereocenters. The van der Waals surface area contributed by atoms with Gasteiger partial charge in [0.05, 0.1) is 0 Å². The molecule has 110 valence electrons. The van der Waals surface area contributed by atoms with Crippen molar-refractivity contribution in [2.24, 2.45) is 0 Å². The lowest BCUT2D eigenvalue weighted by molar-refractivity contribution is 0.0761. The van der Waals surface area contributed by atoms with Gasteiger partial charge in [0.1, 0.15) is 0 Å². The largest absolute Gasteiger partial charge is 0.385 e. The van der Waals surface area contributed by atoms with Crippen molar-refractivity contribution < 1.29 is 4.79 Å². The van der Waals surface area contributed by atoms with E-state index < -0.39 is 0 Å². The van der Waals surface area contributed by atoms with E-state index in [-0.39, 0.29) is 5.91 Å². The normalized spacial score (nSPS) is 18.9. The van der Waals surface area contributed by atoms with Crippen LogP contribution < -0.4 is 5.32 Å². The Bertz CT molecular complexity index is 433. The molecule has 0 aliphatic carbocycles. The first-order valence-corrected chi connectivity index (χ1v) is 8.54. The molecule has 3 nitrogen and oxygen atoms in total. The van der Waals surface area contributed by atoms with Crippen molar-refractivity contribution in [1.29, 1.82) is 0 Å². The quantitative estimate of drug-likeness (QED) is 0.902. The number of rotatable bonds is 5. The Morgan fingerprint density at radius 3 is 2.75 bits per heavy atom. The van der Waals surface area contributed by atoms with Crippen molar-refractivity contribution in [3.8, 4) is 0 Å². The number of thioether (sulfide) groups is 1. The summed E-state index contributed by atoms with van der Waals surface area (Å²) in [4.78, 5) is 14.5. The molecule has 4 heteroatoms. The van der Waals surface area contributed by atoms with Gasteiger partial charge in [0, 0.05) is 41.9 Å². The van der Waals surface area contributed by atoms with E-state index >= 15 is 0 Å². The molecule has 0 bridgehead atoms. The molecule has 1 saturated heterocycles. The number of nitrogens with one attached hydrogen (secondary N) is 1. The van der Waals surface area contributed by atoms with Gasteiger partial charge in [-0.15, -0.1) is 0 Å². The molecule has 0 spiro atoms. The van der Waals surface area contributed by atoms with Crippen LogP contribution in [-0.2, 0) is 0 Å². The van der Waals surface area contributed by atoms with Crippen LogP contribution in [0.4, 0.5) is 5.69 Å². The van der Waals surface area contributed by atoms with E-state index in [1.807, 2.05) is 40.9 Å². The molecular weight excluding hydrogens is 268 g/mol. The van der Waals surface area contributed by atoms with E-state index in [1.165, 1.54) is 0 Å². The van der Waals surface area contributed by atoms with Crippen LogP contribution in [0.5, 0.6) is 0 Å². The van der Waals surface area contributed by atoms with Crippen molar-refractivity contribution in [3.63, 3.8) is 0 Å². The number of hydrogen-bond donors (Lipinski definition) is 1. The van der Waals surface area contributed by atoms with Crippen molar-refractivity contribution in [2.45, 2.75) is 31.9 Å². The van der Waals surface area contributed by atoms with Crippen LogP contribution in [0.3, 0.4) is 0 Å². The second-order valence-electron chi connectivity index (χ2n) is 5.16. The SMILES string of the molecule is CCCNc1ccc(C(=O)N2CCSC(CC)C2)cc1. The molecule has 0 saturated carbocycles. The van der Waals surface area contributed by atoms with Gasteiger partial charge in [-0.25, -0.2) is 0 Å². The van der Waals surface area contributed by atoms with Crippen LogP contribution in [0, 0.1) is 0 Å². The van der Waals surface area contributed by atoms with Crippen molar-refractivity contribution in [2.75, 3.05) is 30.7 Å². The first-order chi connectivity index (χ1) is 9.74. The van der Waals surface area contributed by atoms with Gasteiger partial charge in [-0.3, -0.25) is 4.79 Å².